The summed E-state index contributed by atoms with van der Waals surface area (Å²) in [5.74, 6) is 0.289. The highest BCUT2D eigenvalue weighted by Gasteiger charge is 2.42. The first-order valence-corrected chi connectivity index (χ1v) is 25.4. The molecule has 5 heterocycles. The van der Waals surface area contributed by atoms with Crippen molar-refractivity contribution < 1.29 is 55.5 Å². The molecule has 4 aromatic carbocycles. The number of hydrogen-bond acceptors (Lipinski definition) is 10. The molecule has 0 spiro atoms. The molecule has 364 valence electrons. The van der Waals surface area contributed by atoms with E-state index in [4.69, 9.17) is 46.9 Å². The Morgan fingerprint density at radius 3 is 2.23 bits per heavy atom. The van der Waals surface area contributed by atoms with Gasteiger partial charge in [-0.1, -0.05) is 83.9 Å². The molecule has 18 heteroatoms. The highest BCUT2D eigenvalue weighted by Crippen LogP contribution is 2.39. The van der Waals surface area contributed by atoms with E-state index in [1.54, 1.807) is 12.1 Å². The predicted molar refractivity (Wildman–Crippen MR) is 252 cm³/mol. The molecule has 2 N–H and O–H groups in total. The lowest BCUT2D eigenvalue weighted by Gasteiger charge is -2.43. The molecule has 4 saturated heterocycles. The quantitative estimate of drug-likeness (QED) is 0.0794. The minimum absolute atomic E-state index is 0.0161. The third-order valence-corrected chi connectivity index (χ3v) is 15.8. The van der Waals surface area contributed by atoms with E-state index >= 15 is 0 Å². The van der Waals surface area contributed by atoms with Crippen molar-refractivity contribution in [3.05, 3.63) is 147 Å². The van der Waals surface area contributed by atoms with Gasteiger partial charge in [-0.2, -0.15) is 13.1 Å². The van der Waals surface area contributed by atoms with Crippen molar-refractivity contribution in [1.82, 2.24) is 14.5 Å². The minimum atomic E-state index is -4.20. The van der Waals surface area contributed by atoms with Gasteiger partial charge in [0.15, 0.2) is 23.9 Å². The molecule has 13 nitrogen and oxygen atoms in total. The summed E-state index contributed by atoms with van der Waals surface area (Å²) in [6, 6.07) is 26.0. The largest absolute Gasteiger partial charge is 0.489 e. The summed E-state index contributed by atoms with van der Waals surface area (Å²) in [6.45, 7) is 0.226. The van der Waals surface area contributed by atoms with Gasteiger partial charge in [0.05, 0.1) is 17.5 Å². The summed E-state index contributed by atoms with van der Waals surface area (Å²) >= 11 is 13.1. The number of nitrogens with zero attached hydrogens (tertiary/aromatic N) is 2. The van der Waals surface area contributed by atoms with Crippen LogP contribution in [0.4, 0.5) is 13.6 Å². The maximum Gasteiger partial charge on any atom is 0.408 e. The van der Waals surface area contributed by atoms with Crippen molar-refractivity contribution in [2.75, 3.05) is 32.8 Å². The molecule has 1 amide bonds. The lowest BCUT2D eigenvalue weighted by Crippen LogP contribution is -2.52. The topological polar surface area (TPSA) is 147 Å². The SMILES string of the molecule is O=C(N[C@@H](c1ccccc1)c1cccc(OCc2ccc(S(=O)(=O)N3CCC[C@H]3C(=O)O[C@@H](Cc3c(Cl)c[nH+]cc3Cl)c3ccc(OC(F)F)c(OCC4CC4)c3)cc2)c1)O[C@H]1CN2CCC1CC2. The molecular formula is C51H53Cl2F2N4O9S+. The van der Waals surface area contributed by atoms with Crippen molar-refractivity contribution in [1.29, 1.82) is 0 Å². The van der Waals surface area contributed by atoms with E-state index in [9.17, 15) is 26.8 Å². The molecule has 1 aliphatic carbocycles. The van der Waals surface area contributed by atoms with Gasteiger partial charge >= 0.3 is 18.7 Å². The van der Waals surface area contributed by atoms with Crippen molar-refractivity contribution in [3.63, 3.8) is 0 Å². The van der Waals surface area contributed by atoms with Gasteiger partial charge in [-0.05, 0) is 122 Å². The number of rotatable bonds is 19. The number of fused-ring (bicyclic) bond motifs is 3. The number of ether oxygens (including phenoxy) is 5. The third-order valence-electron chi connectivity index (χ3n) is 13.2. The number of benzene rings is 4. The summed E-state index contributed by atoms with van der Waals surface area (Å²) in [4.78, 5) is 32.7. The first-order chi connectivity index (χ1) is 33.4. The summed E-state index contributed by atoms with van der Waals surface area (Å²) in [7, 11) is -4.20. The second-order valence-electron chi connectivity index (χ2n) is 17.9. The Morgan fingerprint density at radius 1 is 0.797 bits per heavy atom. The maximum atomic E-state index is 14.2. The van der Waals surface area contributed by atoms with E-state index in [1.807, 2.05) is 54.6 Å². The zero-order valence-electron chi connectivity index (χ0n) is 37.6. The number of esters is 1. The van der Waals surface area contributed by atoms with Gasteiger partial charge in [0.25, 0.3) is 0 Å². The van der Waals surface area contributed by atoms with Crippen LogP contribution in [0.15, 0.2) is 114 Å². The second kappa shape index (κ2) is 21.6. The number of piperidine rings is 3. The molecule has 10 rings (SSSR count). The van der Waals surface area contributed by atoms with Crippen LogP contribution in [0.1, 0.15) is 78.5 Å². The number of carbonyl (C=O) groups excluding carboxylic acids is 2. The fourth-order valence-corrected chi connectivity index (χ4v) is 11.5. The van der Waals surface area contributed by atoms with E-state index in [0.717, 1.165) is 60.7 Å². The fraction of sp³-hybridized carbons (Fsp3) is 0.392. The van der Waals surface area contributed by atoms with Crippen molar-refractivity contribution in [2.24, 2.45) is 11.8 Å². The van der Waals surface area contributed by atoms with Gasteiger partial charge in [0, 0.05) is 25.1 Å². The lowest BCUT2D eigenvalue weighted by molar-refractivity contribution is -0.377. The van der Waals surface area contributed by atoms with Gasteiger partial charge in [0.1, 0.15) is 40.7 Å². The number of halogens is 4. The molecule has 0 unspecified atom stereocenters. The van der Waals surface area contributed by atoms with Crippen LogP contribution in [-0.4, -0.2) is 81.2 Å². The number of nitrogens with one attached hydrogen (secondary N) is 2. The number of aromatic nitrogens is 1. The predicted octanol–water partition coefficient (Wildman–Crippen LogP) is 9.37. The van der Waals surface area contributed by atoms with Crippen LogP contribution in [0.5, 0.6) is 17.2 Å². The average molecular weight is 1010 g/mol. The van der Waals surface area contributed by atoms with Crippen LogP contribution < -0.4 is 24.5 Å². The van der Waals surface area contributed by atoms with Crippen LogP contribution in [-0.2, 0) is 37.3 Å². The molecule has 1 saturated carbocycles. The van der Waals surface area contributed by atoms with Gasteiger partial charge in [-0.15, -0.1) is 0 Å². The van der Waals surface area contributed by atoms with Crippen LogP contribution in [0.25, 0.3) is 0 Å². The minimum Gasteiger partial charge on any atom is -0.489 e. The molecule has 5 aromatic rings. The standard InChI is InChI=1S/C51H52Cl2F2N4O9S/c52-41-27-56-28-42(53)40(41)26-45(36-15-18-44(67-50(54)55)46(25-36)65-31-32-11-12-32)66-49(60)43-10-5-21-59(43)69(62,63)39-16-13-33(14-17-39)30-64-38-9-4-8-37(24-38)48(35-6-2-1-3-7-35)57-51(61)68-47-29-58-22-19-34(47)20-23-58/h1-4,6-9,13-18,24-25,27-28,32,34,43,45,47-48,50H,5,10-12,19-23,26,29-31H2,(H,57,61)/p+1/t43-,45-,47-,48-/m0/s1. The number of hydrogen-bond donors (Lipinski definition) is 1. The number of amides is 1. The van der Waals surface area contributed by atoms with E-state index < -0.39 is 46.9 Å². The van der Waals surface area contributed by atoms with Crippen molar-refractivity contribution in [3.8, 4) is 17.2 Å². The lowest BCUT2D eigenvalue weighted by atomic mass is 9.86. The number of alkyl carbamates (subject to hydrolysis) is 1. The Kier molecular flexibility index (Phi) is 15.2. The Balaban J connectivity index is 0.871. The number of H-pyrrole nitrogens is 1. The van der Waals surface area contributed by atoms with Crippen LogP contribution >= 0.6 is 23.2 Å². The van der Waals surface area contributed by atoms with E-state index in [1.165, 1.54) is 42.7 Å². The molecule has 4 atom stereocenters. The molecule has 5 fully saturated rings. The number of aromatic amines is 1. The van der Waals surface area contributed by atoms with Crippen LogP contribution in [0.3, 0.4) is 0 Å². The summed E-state index contributed by atoms with van der Waals surface area (Å²) in [6.07, 6.45) is 5.90. The number of pyridine rings is 1. The molecule has 69 heavy (non-hydrogen) atoms. The molecule has 5 aliphatic rings. The maximum absolute atomic E-state index is 14.2. The van der Waals surface area contributed by atoms with Crippen molar-refractivity contribution >= 4 is 45.3 Å². The van der Waals surface area contributed by atoms with E-state index in [-0.39, 0.29) is 58.5 Å². The zero-order valence-corrected chi connectivity index (χ0v) is 39.9. The molecule has 1 aromatic heterocycles. The zero-order chi connectivity index (χ0) is 48.1. The van der Waals surface area contributed by atoms with Crippen LogP contribution in [0, 0.1) is 11.8 Å². The monoisotopic (exact) mass is 1010 g/mol. The molecule has 4 aliphatic heterocycles. The fourth-order valence-electron chi connectivity index (χ4n) is 9.27. The van der Waals surface area contributed by atoms with Gasteiger partial charge in [-0.25, -0.2) is 18.2 Å². The van der Waals surface area contributed by atoms with Crippen molar-refractivity contribution in [2.45, 2.75) is 87.4 Å². The van der Waals surface area contributed by atoms with E-state index in [0.29, 0.717) is 47.3 Å². The van der Waals surface area contributed by atoms with Gasteiger partial charge < -0.3 is 29.0 Å². The highest BCUT2D eigenvalue weighted by atomic mass is 35.5. The van der Waals surface area contributed by atoms with Gasteiger partial charge in [-0.3, -0.25) is 9.69 Å². The highest BCUT2D eigenvalue weighted by molar-refractivity contribution is 7.89. The summed E-state index contributed by atoms with van der Waals surface area (Å²) < 4.78 is 85.4. The Bertz CT molecular complexity index is 2690. The molecule has 2 bridgehead atoms. The average Bonchev–Trinajstić information content (AvgIpc) is 4.05. The van der Waals surface area contributed by atoms with E-state index in [2.05, 4.69) is 15.2 Å². The number of sulfonamides is 1. The summed E-state index contributed by atoms with van der Waals surface area (Å²) in [5, 5.41) is 3.62. The molecule has 0 radical (unpaired) electrons. The third kappa shape index (κ3) is 11.9. The Labute approximate surface area is 410 Å². The normalized spacial score (nSPS) is 21.1. The number of carbonyl (C=O) groups is 2. The number of alkyl halides is 2. The van der Waals surface area contributed by atoms with Gasteiger partial charge in [0.2, 0.25) is 10.0 Å². The Hall–Kier alpha value is -5.52. The Morgan fingerprint density at radius 2 is 1.54 bits per heavy atom. The second-order valence-corrected chi connectivity index (χ2v) is 20.7. The van der Waals surface area contributed by atoms with Crippen LogP contribution in [0.2, 0.25) is 10.0 Å². The first kappa shape index (κ1) is 48.5. The first-order valence-electron chi connectivity index (χ1n) is 23.2. The smallest absolute Gasteiger partial charge is 0.408 e. The summed E-state index contributed by atoms with van der Waals surface area (Å²) in [5.41, 5.74) is 3.19. The molecular weight excluding hydrogens is 954 g/mol.